The van der Waals surface area contributed by atoms with Crippen LogP contribution in [0.1, 0.15) is 0 Å². The number of aliphatic imine (C=N–C) groups is 1. The minimum atomic E-state index is 0.970. The summed E-state index contributed by atoms with van der Waals surface area (Å²) in [6.45, 7) is 3.80. The molecule has 0 atom stereocenters. The zero-order valence-electron chi connectivity index (χ0n) is 5.46. The predicted octanol–water partition coefficient (Wildman–Crippen LogP) is 1.74. The van der Waals surface area contributed by atoms with Gasteiger partial charge in [-0.1, -0.05) is 24.8 Å². The van der Waals surface area contributed by atoms with E-state index in [0.29, 0.717) is 0 Å². The Balaban J connectivity index is 2.91. The Kier molecular flexibility index (Phi) is 1.63. The molecule has 9 heavy (non-hydrogen) atoms. The maximum Gasteiger partial charge on any atom is 0.0637 e. The number of hydrogen-bond donors (Lipinski definition) is 0. The van der Waals surface area contributed by atoms with Crippen molar-refractivity contribution in [3.05, 3.63) is 36.5 Å². The van der Waals surface area contributed by atoms with Gasteiger partial charge in [-0.25, -0.2) is 0 Å². The van der Waals surface area contributed by atoms with Crippen LogP contribution in [0, 0.1) is 0 Å². The standard InChI is InChI=1S/C8H9N/c1-7-5-3-4-6-8(7)9-2/h3-6H,1H2,2H3/b9-8-. The van der Waals surface area contributed by atoms with E-state index in [4.69, 9.17) is 0 Å². The molecule has 1 heteroatoms. The van der Waals surface area contributed by atoms with E-state index in [2.05, 4.69) is 11.6 Å². The second-order valence-electron chi connectivity index (χ2n) is 1.85. The molecule has 0 radical (unpaired) electrons. The van der Waals surface area contributed by atoms with Crippen molar-refractivity contribution in [1.82, 2.24) is 0 Å². The van der Waals surface area contributed by atoms with Crippen molar-refractivity contribution in [3.8, 4) is 0 Å². The molecule has 0 heterocycles. The quantitative estimate of drug-likeness (QED) is 0.460. The fourth-order valence-corrected chi connectivity index (χ4v) is 0.729. The molecule has 1 aliphatic rings. The van der Waals surface area contributed by atoms with Crippen molar-refractivity contribution in [2.75, 3.05) is 7.05 Å². The molecular weight excluding hydrogens is 110 g/mol. The summed E-state index contributed by atoms with van der Waals surface area (Å²) in [5, 5.41) is 0. The number of rotatable bonds is 0. The molecule has 1 nitrogen and oxygen atoms in total. The van der Waals surface area contributed by atoms with Crippen LogP contribution in [0.25, 0.3) is 0 Å². The Morgan fingerprint density at radius 3 is 2.44 bits per heavy atom. The van der Waals surface area contributed by atoms with Gasteiger partial charge >= 0.3 is 0 Å². The first-order valence-corrected chi connectivity index (χ1v) is 2.85. The molecule has 0 saturated carbocycles. The monoisotopic (exact) mass is 119 g/mol. The lowest BCUT2D eigenvalue weighted by atomic mass is 10.1. The molecule has 0 saturated heterocycles. The molecule has 0 aliphatic heterocycles. The first-order valence-electron chi connectivity index (χ1n) is 2.85. The lowest BCUT2D eigenvalue weighted by molar-refractivity contribution is 1.44. The predicted molar refractivity (Wildman–Crippen MR) is 40.8 cm³/mol. The molecule has 0 spiro atoms. The van der Waals surface area contributed by atoms with Crippen molar-refractivity contribution >= 4 is 5.71 Å². The van der Waals surface area contributed by atoms with Gasteiger partial charge in [-0.05, 0) is 11.6 Å². The van der Waals surface area contributed by atoms with Gasteiger partial charge in [0.25, 0.3) is 0 Å². The summed E-state index contributed by atoms with van der Waals surface area (Å²) < 4.78 is 0. The maximum atomic E-state index is 4.01. The van der Waals surface area contributed by atoms with E-state index in [1.54, 1.807) is 7.05 Å². The highest BCUT2D eigenvalue weighted by Crippen LogP contribution is 2.04. The number of nitrogens with zero attached hydrogens (tertiary/aromatic N) is 1. The zero-order valence-corrected chi connectivity index (χ0v) is 5.46. The van der Waals surface area contributed by atoms with Gasteiger partial charge in [0.2, 0.25) is 0 Å². The molecule has 0 fully saturated rings. The molecule has 1 rings (SSSR count). The van der Waals surface area contributed by atoms with Crippen molar-refractivity contribution in [3.63, 3.8) is 0 Å². The molecule has 0 N–H and O–H groups in total. The third kappa shape index (κ3) is 1.17. The van der Waals surface area contributed by atoms with Crippen LogP contribution in [0.5, 0.6) is 0 Å². The SMILES string of the molecule is C=C1C=CC=C/C1=N/C. The van der Waals surface area contributed by atoms with Crippen LogP contribution in [0.4, 0.5) is 0 Å². The normalized spacial score (nSPS) is 21.4. The van der Waals surface area contributed by atoms with Crippen molar-refractivity contribution in [2.24, 2.45) is 4.99 Å². The highest BCUT2D eigenvalue weighted by molar-refractivity contribution is 6.10. The molecular formula is C8H9N. The topological polar surface area (TPSA) is 12.4 Å². The average molecular weight is 119 g/mol. The lowest BCUT2D eigenvalue weighted by Gasteiger charge is -2.00. The van der Waals surface area contributed by atoms with Gasteiger partial charge in [0.15, 0.2) is 0 Å². The zero-order chi connectivity index (χ0) is 6.69. The smallest absolute Gasteiger partial charge is 0.0637 e. The van der Waals surface area contributed by atoms with E-state index >= 15 is 0 Å². The third-order valence-corrected chi connectivity index (χ3v) is 1.23. The van der Waals surface area contributed by atoms with Crippen molar-refractivity contribution in [2.45, 2.75) is 0 Å². The highest BCUT2D eigenvalue weighted by Gasteiger charge is 1.96. The minimum absolute atomic E-state index is 0.970. The second kappa shape index (κ2) is 2.44. The summed E-state index contributed by atoms with van der Waals surface area (Å²) in [6, 6.07) is 0. The summed E-state index contributed by atoms with van der Waals surface area (Å²) in [6.07, 6.45) is 7.80. The van der Waals surface area contributed by atoms with E-state index in [1.165, 1.54) is 0 Å². The van der Waals surface area contributed by atoms with Gasteiger partial charge in [0.1, 0.15) is 0 Å². The van der Waals surface area contributed by atoms with Crippen LogP contribution in [0.2, 0.25) is 0 Å². The van der Waals surface area contributed by atoms with Gasteiger partial charge in [-0.15, -0.1) is 0 Å². The summed E-state index contributed by atoms with van der Waals surface area (Å²) in [5.74, 6) is 0. The molecule has 1 aliphatic carbocycles. The van der Waals surface area contributed by atoms with E-state index in [1.807, 2.05) is 24.3 Å². The van der Waals surface area contributed by atoms with Crippen LogP contribution < -0.4 is 0 Å². The van der Waals surface area contributed by atoms with Crippen LogP contribution in [-0.4, -0.2) is 12.8 Å². The maximum absolute atomic E-state index is 4.01. The van der Waals surface area contributed by atoms with Gasteiger partial charge in [0.05, 0.1) is 5.71 Å². The van der Waals surface area contributed by atoms with Crippen LogP contribution in [0.15, 0.2) is 41.4 Å². The van der Waals surface area contributed by atoms with Gasteiger partial charge in [-0.2, -0.15) is 0 Å². The van der Waals surface area contributed by atoms with E-state index in [0.717, 1.165) is 11.3 Å². The molecule has 0 amide bonds. The Bertz CT molecular complexity index is 207. The number of hydrogen-bond acceptors (Lipinski definition) is 1. The Labute approximate surface area is 55.1 Å². The number of allylic oxidation sites excluding steroid dienone is 5. The fraction of sp³-hybridized carbons (Fsp3) is 0.125. The van der Waals surface area contributed by atoms with E-state index in [-0.39, 0.29) is 0 Å². The Hall–Kier alpha value is -1.11. The summed E-state index contributed by atoms with van der Waals surface area (Å²) >= 11 is 0. The van der Waals surface area contributed by atoms with E-state index < -0.39 is 0 Å². The molecule has 46 valence electrons. The summed E-state index contributed by atoms with van der Waals surface area (Å²) in [7, 11) is 1.77. The van der Waals surface area contributed by atoms with Crippen LogP contribution in [0.3, 0.4) is 0 Å². The van der Waals surface area contributed by atoms with Gasteiger partial charge in [0, 0.05) is 7.05 Å². The Morgan fingerprint density at radius 1 is 1.33 bits per heavy atom. The van der Waals surface area contributed by atoms with Crippen LogP contribution in [-0.2, 0) is 0 Å². The molecule has 0 unspecified atom stereocenters. The minimum Gasteiger partial charge on any atom is -0.288 e. The van der Waals surface area contributed by atoms with Crippen molar-refractivity contribution < 1.29 is 0 Å². The fourth-order valence-electron chi connectivity index (χ4n) is 0.729. The first-order chi connectivity index (χ1) is 4.34. The van der Waals surface area contributed by atoms with E-state index in [9.17, 15) is 0 Å². The lowest BCUT2D eigenvalue weighted by Crippen LogP contribution is -1.96. The molecule has 0 aromatic rings. The first kappa shape index (κ1) is 6.02. The summed E-state index contributed by atoms with van der Waals surface area (Å²) in [4.78, 5) is 4.01. The summed E-state index contributed by atoms with van der Waals surface area (Å²) in [5.41, 5.74) is 1.96. The largest absolute Gasteiger partial charge is 0.288 e. The second-order valence-corrected chi connectivity index (χ2v) is 1.85. The average Bonchev–Trinajstić information content (AvgIpc) is 1.89. The third-order valence-electron chi connectivity index (χ3n) is 1.23. The Morgan fingerprint density at radius 2 is 2.00 bits per heavy atom. The molecule has 0 aromatic carbocycles. The molecule has 0 aromatic heterocycles. The van der Waals surface area contributed by atoms with Crippen LogP contribution >= 0.6 is 0 Å². The molecule has 0 bridgehead atoms. The highest BCUT2D eigenvalue weighted by atomic mass is 14.7. The van der Waals surface area contributed by atoms with Crippen molar-refractivity contribution in [1.29, 1.82) is 0 Å². The van der Waals surface area contributed by atoms with Gasteiger partial charge < -0.3 is 0 Å². The van der Waals surface area contributed by atoms with Gasteiger partial charge in [-0.3, -0.25) is 4.99 Å².